The Morgan fingerprint density at radius 3 is 2.92 bits per heavy atom. The maximum Gasteiger partial charge on any atom is 0.251 e. The molecule has 6 nitrogen and oxygen atoms in total. The second kappa shape index (κ2) is 6.63. The van der Waals surface area contributed by atoms with Crippen LogP contribution in [0.3, 0.4) is 0 Å². The monoisotopic (exact) mass is 326 g/mol. The van der Waals surface area contributed by atoms with E-state index < -0.39 is 0 Å². The lowest BCUT2D eigenvalue weighted by Gasteiger charge is -2.29. The highest BCUT2D eigenvalue weighted by Crippen LogP contribution is 2.28. The minimum atomic E-state index is 0.0209. The minimum Gasteiger partial charge on any atom is -0.493 e. The molecule has 24 heavy (non-hydrogen) atoms. The van der Waals surface area contributed by atoms with Crippen LogP contribution in [0.25, 0.3) is 0 Å². The van der Waals surface area contributed by atoms with Crippen molar-refractivity contribution in [1.29, 1.82) is 0 Å². The summed E-state index contributed by atoms with van der Waals surface area (Å²) in [6, 6.07) is 6.40. The van der Waals surface area contributed by atoms with E-state index in [0.29, 0.717) is 6.04 Å². The van der Waals surface area contributed by atoms with Crippen LogP contribution in [0.2, 0.25) is 0 Å². The Hall–Kier alpha value is -2.37. The second-order valence-electron chi connectivity index (χ2n) is 6.63. The summed E-state index contributed by atoms with van der Waals surface area (Å²) in [7, 11) is 0. The normalized spacial score (nSPS) is 23.2. The summed E-state index contributed by atoms with van der Waals surface area (Å²) < 4.78 is 7.54. The molecule has 1 N–H and O–H groups in total. The average molecular weight is 326 g/mol. The van der Waals surface area contributed by atoms with Crippen LogP contribution < -0.4 is 10.1 Å². The first-order valence-corrected chi connectivity index (χ1v) is 8.70. The van der Waals surface area contributed by atoms with Crippen LogP contribution in [0, 0.1) is 0 Å². The lowest BCUT2D eigenvalue weighted by Crippen LogP contribution is -2.38. The Labute approximate surface area is 141 Å². The Kier molecular flexibility index (Phi) is 4.19. The number of hydrogen-bond donors (Lipinski definition) is 1. The summed E-state index contributed by atoms with van der Waals surface area (Å²) in [6.07, 6.45) is 9.35. The molecule has 1 fully saturated rings. The van der Waals surface area contributed by atoms with Crippen LogP contribution in [0.5, 0.6) is 5.75 Å². The van der Waals surface area contributed by atoms with Crippen LogP contribution in [-0.4, -0.2) is 33.3 Å². The molecule has 1 aromatic heterocycles. The predicted molar refractivity (Wildman–Crippen MR) is 89.0 cm³/mol. The molecule has 2 aliphatic rings. The van der Waals surface area contributed by atoms with Gasteiger partial charge < -0.3 is 10.1 Å². The molecule has 4 rings (SSSR count). The van der Waals surface area contributed by atoms with Gasteiger partial charge in [-0.25, -0.2) is 9.67 Å². The van der Waals surface area contributed by atoms with Crippen molar-refractivity contribution in [1.82, 2.24) is 20.1 Å². The van der Waals surface area contributed by atoms with Crippen molar-refractivity contribution in [3.05, 3.63) is 42.0 Å². The molecule has 1 aliphatic heterocycles. The van der Waals surface area contributed by atoms with E-state index in [1.54, 1.807) is 12.7 Å². The van der Waals surface area contributed by atoms with E-state index in [1.165, 1.54) is 0 Å². The summed E-state index contributed by atoms with van der Waals surface area (Å²) in [6.45, 7) is 0.771. The summed E-state index contributed by atoms with van der Waals surface area (Å²) >= 11 is 0. The molecule has 1 aromatic carbocycles. The highest BCUT2D eigenvalue weighted by Gasteiger charge is 2.24. The molecule has 126 valence electrons. The zero-order valence-corrected chi connectivity index (χ0v) is 13.6. The fourth-order valence-corrected chi connectivity index (χ4v) is 3.66. The van der Waals surface area contributed by atoms with Gasteiger partial charge in [-0.3, -0.25) is 4.79 Å². The largest absolute Gasteiger partial charge is 0.493 e. The summed E-state index contributed by atoms with van der Waals surface area (Å²) in [5.74, 6) is 0.943. The fourth-order valence-electron chi connectivity index (χ4n) is 3.66. The Morgan fingerprint density at radius 2 is 2.12 bits per heavy atom. The van der Waals surface area contributed by atoms with Gasteiger partial charge in [-0.1, -0.05) is 0 Å². The molecule has 1 aliphatic carbocycles. The van der Waals surface area contributed by atoms with E-state index in [1.807, 2.05) is 22.9 Å². The fraction of sp³-hybridized carbons (Fsp3) is 0.500. The van der Waals surface area contributed by atoms with Crippen molar-refractivity contribution in [2.45, 2.75) is 50.6 Å². The molecule has 1 amide bonds. The van der Waals surface area contributed by atoms with E-state index in [4.69, 9.17) is 4.74 Å². The van der Waals surface area contributed by atoms with Crippen LogP contribution in [0.1, 0.15) is 54.1 Å². The van der Waals surface area contributed by atoms with Gasteiger partial charge in [-0.2, -0.15) is 5.10 Å². The topological polar surface area (TPSA) is 69.0 Å². The number of hydrogen-bond acceptors (Lipinski definition) is 4. The Balaban J connectivity index is 1.35. The molecule has 0 saturated heterocycles. The number of amides is 1. The number of rotatable bonds is 3. The number of carbonyl (C=O) groups is 1. The Morgan fingerprint density at radius 1 is 1.25 bits per heavy atom. The van der Waals surface area contributed by atoms with Gasteiger partial charge in [0.2, 0.25) is 0 Å². The van der Waals surface area contributed by atoms with Crippen molar-refractivity contribution >= 4 is 5.91 Å². The number of benzene rings is 1. The number of fused-ring (bicyclic) bond motifs is 1. The molecule has 0 atom stereocenters. The van der Waals surface area contributed by atoms with Crippen LogP contribution in [-0.2, 0) is 6.42 Å². The van der Waals surface area contributed by atoms with Gasteiger partial charge in [0, 0.05) is 11.6 Å². The van der Waals surface area contributed by atoms with Crippen molar-refractivity contribution in [2.24, 2.45) is 0 Å². The van der Waals surface area contributed by atoms with E-state index in [9.17, 15) is 4.79 Å². The first-order chi connectivity index (χ1) is 11.8. The van der Waals surface area contributed by atoms with Crippen LogP contribution in [0.4, 0.5) is 0 Å². The standard InChI is InChI=1S/C18H22N4O2/c23-18(14-3-8-17-13(10-14)2-1-9-24-17)21-15-4-6-16(7-5-15)22-12-19-11-20-22/h3,8,10-12,15-16H,1-2,4-7,9H2,(H,21,23). The first-order valence-electron chi connectivity index (χ1n) is 8.70. The lowest BCUT2D eigenvalue weighted by molar-refractivity contribution is 0.0921. The highest BCUT2D eigenvalue weighted by atomic mass is 16.5. The number of aryl methyl sites for hydroxylation is 1. The number of ether oxygens (including phenoxy) is 1. The van der Waals surface area contributed by atoms with Gasteiger partial charge in [-0.05, 0) is 62.3 Å². The van der Waals surface area contributed by atoms with Crippen molar-refractivity contribution in [3.63, 3.8) is 0 Å². The van der Waals surface area contributed by atoms with Gasteiger partial charge in [0.25, 0.3) is 5.91 Å². The molecule has 2 aromatic rings. The van der Waals surface area contributed by atoms with E-state index >= 15 is 0 Å². The number of nitrogens with one attached hydrogen (secondary N) is 1. The third kappa shape index (κ3) is 3.13. The Bertz CT molecular complexity index is 706. The highest BCUT2D eigenvalue weighted by molar-refractivity contribution is 5.94. The number of aromatic nitrogens is 3. The van der Waals surface area contributed by atoms with Crippen molar-refractivity contribution < 1.29 is 9.53 Å². The molecule has 6 heteroatoms. The second-order valence-corrected chi connectivity index (χ2v) is 6.63. The molecule has 0 spiro atoms. The summed E-state index contributed by atoms with van der Waals surface area (Å²) in [4.78, 5) is 16.5. The quantitative estimate of drug-likeness (QED) is 0.941. The van der Waals surface area contributed by atoms with Crippen LogP contribution in [0.15, 0.2) is 30.9 Å². The smallest absolute Gasteiger partial charge is 0.251 e. The van der Waals surface area contributed by atoms with Crippen LogP contribution >= 0.6 is 0 Å². The molecule has 1 saturated carbocycles. The minimum absolute atomic E-state index is 0.0209. The maximum atomic E-state index is 12.5. The van der Waals surface area contributed by atoms with Gasteiger partial charge in [-0.15, -0.1) is 0 Å². The van der Waals surface area contributed by atoms with Gasteiger partial charge in [0.05, 0.1) is 12.6 Å². The zero-order valence-electron chi connectivity index (χ0n) is 13.6. The van der Waals surface area contributed by atoms with Crippen molar-refractivity contribution in [2.75, 3.05) is 6.61 Å². The van der Waals surface area contributed by atoms with Crippen molar-refractivity contribution in [3.8, 4) is 5.75 Å². The zero-order chi connectivity index (χ0) is 16.4. The third-order valence-corrected chi connectivity index (χ3v) is 5.01. The molecule has 0 unspecified atom stereocenters. The van der Waals surface area contributed by atoms with Gasteiger partial charge in [0.1, 0.15) is 18.4 Å². The van der Waals surface area contributed by atoms with Gasteiger partial charge >= 0.3 is 0 Å². The maximum absolute atomic E-state index is 12.5. The molecule has 0 radical (unpaired) electrons. The predicted octanol–water partition coefficient (Wildman–Crippen LogP) is 2.52. The molecular formula is C18H22N4O2. The number of carbonyl (C=O) groups excluding carboxylic acids is 1. The molecular weight excluding hydrogens is 304 g/mol. The lowest BCUT2D eigenvalue weighted by atomic mass is 9.91. The van der Waals surface area contributed by atoms with E-state index in [-0.39, 0.29) is 11.9 Å². The van der Waals surface area contributed by atoms with E-state index in [2.05, 4.69) is 15.4 Å². The summed E-state index contributed by atoms with van der Waals surface area (Å²) in [5.41, 5.74) is 1.88. The molecule has 0 bridgehead atoms. The third-order valence-electron chi connectivity index (χ3n) is 5.01. The SMILES string of the molecule is O=C(NC1CCC(n2cncn2)CC1)c1ccc2c(c1)CCCO2. The first kappa shape index (κ1) is 15.2. The van der Waals surface area contributed by atoms with Gasteiger partial charge in [0.15, 0.2) is 0 Å². The summed E-state index contributed by atoms with van der Waals surface area (Å²) in [5, 5.41) is 7.40. The average Bonchev–Trinajstić information content (AvgIpc) is 3.16. The molecule has 2 heterocycles. The van der Waals surface area contributed by atoms with E-state index in [0.717, 1.165) is 62.0 Å². The number of nitrogens with zero attached hydrogens (tertiary/aromatic N) is 3.